The van der Waals surface area contributed by atoms with Gasteiger partial charge >= 0.3 is 0 Å². The molecule has 2 aromatic heterocycles. The van der Waals surface area contributed by atoms with Gasteiger partial charge in [0.15, 0.2) is 0 Å². The van der Waals surface area contributed by atoms with Crippen LogP contribution in [0.15, 0.2) is 138 Å². The third kappa shape index (κ3) is 15.8. The van der Waals surface area contributed by atoms with Crippen LogP contribution < -0.4 is 15.8 Å². The number of nitrogens with one attached hydrogen (secondary N) is 2. The van der Waals surface area contributed by atoms with Gasteiger partial charge in [-0.05, 0) is 101 Å². The number of aryl methyl sites for hydroxylation is 1. The Bertz CT molecular complexity index is 1930. The third-order valence-electron chi connectivity index (χ3n) is 8.24. The van der Waals surface area contributed by atoms with E-state index in [4.69, 9.17) is 4.74 Å². The predicted molar refractivity (Wildman–Crippen MR) is 224 cm³/mol. The molecule has 0 saturated heterocycles. The Balaban J connectivity index is 0.000000223. The molecule has 288 valence electrons. The minimum absolute atomic E-state index is 0.0533. The van der Waals surface area contributed by atoms with Crippen molar-refractivity contribution in [3.8, 4) is 11.5 Å². The van der Waals surface area contributed by atoms with E-state index in [2.05, 4.69) is 45.1 Å². The van der Waals surface area contributed by atoms with Crippen LogP contribution in [-0.4, -0.2) is 65.9 Å². The van der Waals surface area contributed by atoms with Crippen LogP contribution in [0.2, 0.25) is 0 Å². The van der Waals surface area contributed by atoms with Gasteiger partial charge in [0, 0.05) is 59.9 Å². The van der Waals surface area contributed by atoms with Crippen molar-refractivity contribution in [2.75, 3.05) is 27.2 Å². The standard InChI is InChI=1S/C19H19NO2.C14H16N2O2.C11H14N2.CH5N/c21-19(20-14-13-15-5-4-6-15)16-9-11-18(12-10-16)22-17-7-2-1-3-8-17;1-12(18)11-16(2)14(15-9-6-10-17)13-7-4-3-5-8-13;1-2-3-4-10-7-9-8-12-6-5-11(9)13-10;1-2/h1-3,7-13H,4-6,14H2,(H,20,21);3-10H,11H2,1-2H3;5-8,13H,2-4H2,1H3;2H2,1H3/b;9-6-,15-14?;;. The predicted octanol–water partition coefficient (Wildman–Crippen LogP) is 8.47. The summed E-state index contributed by atoms with van der Waals surface area (Å²) in [7, 11) is 3.29. The van der Waals surface area contributed by atoms with Gasteiger partial charge in [0.1, 0.15) is 29.4 Å². The molecule has 0 radical (unpaired) electrons. The zero-order chi connectivity index (χ0) is 39.7. The van der Waals surface area contributed by atoms with E-state index in [1.165, 1.54) is 80.5 Å². The number of H-pyrrole nitrogens is 1. The summed E-state index contributed by atoms with van der Waals surface area (Å²) < 4.78 is 5.71. The summed E-state index contributed by atoms with van der Waals surface area (Å²) in [6.07, 6.45) is 16.5. The summed E-state index contributed by atoms with van der Waals surface area (Å²) in [5, 5.41) is 4.13. The second-order valence-corrected chi connectivity index (χ2v) is 12.6. The number of aromatic nitrogens is 2. The number of Topliss-reactive ketones (excluding diaryl/α,β-unsaturated/α-hetero) is 1. The number of allylic oxidation sites excluding steroid dienone is 2. The Morgan fingerprint density at radius 1 is 0.945 bits per heavy atom. The fourth-order valence-electron chi connectivity index (χ4n) is 5.35. The number of ether oxygens (including phenoxy) is 1. The lowest BCUT2D eigenvalue weighted by atomic mass is 9.92. The molecule has 4 N–H and O–H groups in total. The van der Waals surface area contributed by atoms with Crippen LogP contribution in [0, 0.1) is 0 Å². The number of nitrogens with two attached hydrogens (primary N) is 1. The van der Waals surface area contributed by atoms with E-state index in [1.54, 1.807) is 24.1 Å². The number of carbonyl (C=O) groups excluding carboxylic acids is 3. The lowest BCUT2D eigenvalue weighted by Crippen LogP contribution is -2.31. The van der Waals surface area contributed by atoms with E-state index in [-0.39, 0.29) is 18.2 Å². The van der Waals surface area contributed by atoms with Crippen LogP contribution in [-0.2, 0) is 16.0 Å². The van der Waals surface area contributed by atoms with E-state index in [1.807, 2.05) is 91.3 Å². The van der Waals surface area contributed by atoms with Gasteiger partial charge in [-0.2, -0.15) is 0 Å². The quantitative estimate of drug-likeness (QED) is 0.0361. The molecule has 55 heavy (non-hydrogen) atoms. The maximum Gasteiger partial charge on any atom is 0.251 e. The zero-order valence-corrected chi connectivity index (χ0v) is 32.4. The third-order valence-corrected chi connectivity index (χ3v) is 8.24. The fraction of sp³-hybridized carbons (Fsp3) is 0.267. The summed E-state index contributed by atoms with van der Waals surface area (Å²) in [6, 6.07) is 30.5. The molecule has 0 aliphatic heterocycles. The zero-order valence-electron chi connectivity index (χ0n) is 32.4. The number of ketones is 1. The molecule has 1 amide bonds. The largest absolute Gasteiger partial charge is 0.457 e. The number of hydrogen-bond acceptors (Lipinski definition) is 7. The first-order valence-electron chi connectivity index (χ1n) is 18.6. The second kappa shape index (κ2) is 25.0. The highest BCUT2D eigenvalue weighted by molar-refractivity contribution is 6.00. The van der Waals surface area contributed by atoms with Crippen molar-refractivity contribution < 1.29 is 19.1 Å². The number of fused-ring (bicyclic) bond motifs is 1. The number of amidine groups is 1. The number of nitrogens with zero attached hydrogens (tertiary/aromatic N) is 3. The highest BCUT2D eigenvalue weighted by Gasteiger charge is 2.11. The van der Waals surface area contributed by atoms with Gasteiger partial charge in [0.05, 0.1) is 6.54 Å². The number of para-hydroxylation sites is 1. The van der Waals surface area contributed by atoms with Crippen molar-refractivity contribution >= 4 is 34.7 Å². The molecule has 1 aliphatic carbocycles. The van der Waals surface area contributed by atoms with Gasteiger partial charge in [-0.3, -0.25) is 19.4 Å². The number of aldehydes is 1. The molecule has 10 heteroatoms. The number of rotatable bonds is 13. The average molecular weight is 743 g/mol. The molecule has 0 atom stereocenters. The molecule has 1 fully saturated rings. The Hall–Kier alpha value is -6.13. The monoisotopic (exact) mass is 742 g/mol. The summed E-state index contributed by atoms with van der Waals surface area (Å²) in [5.74, 6) is 2.16. The first kappa shape index (κ1) is 43.3. The maximum atomic E-state index is 12.0. The molecule has 0 bridgehead atoms. The first-order chi connectivity index (χ1) is 26.9. The molecule has 3 aromatic carbocycles. The minimum Gasteiger partial charge on any atom is -0.457 e. The van der Waals surface area contributed by atoms with E-state index >= 15 is 0 Å². The van der Waals surface area contributed by atoms with E-state index in [0.29, 0.717) is 24.2 Å². The molecular formula is C45H54N6O4. The minimum atomic E-state index is -0.0533. The van der Waals surface area contributed by atoms with Crippen LogP contribution in [0.5, 0.6) is 11.5 Å². The number of aromatic amines is 1. The van der Waals surface area contributed by atoms with Crippen molar-refractivity contribution in [1.29, 1.82) is 0 Å². The smallest absolute Gasteiger partial charge is 0.251 e. The number of likely N-dealkylation sites (N-methyl/N-ethyl adjacent to an activating group) is 1. The van der Waals surface area contributed by atoms with Crippen molar-refractivity contribution in [2.24, 2.45) is 10.7 Å². The van der Waals surface area contributed by atoms with Crippen LogP contribution in [0.4, 0.5) is 0 Å². The van der Waals surface area contributed by atoms with E-state index < -0.39 is 0 Å². The normalized spacial score (nSPS) is 11.7. The van der Waals surface area contributed by atoms with Gasteiger partial charge in [0.2, 0.25) is 0 Å². The molecule has 0 spiro atoms. The lowest BCUT2D eigenvalue weighted by molar-refractivity contribution is -0.117. The van der Waals surface area contributed by atoms with Crippen molar-refractivity contribution in [1.82, 2.24) is 20.2 Å². The van der Waals surface area contributed by atoms with Crippen LogP contribution in [0.3, 0.4) is 0 Å². The molecule has 2 heterocycles. The first-order valence-corrected chi connectivity index (χ1v) is 18.6. The number of carbonyl (C=O) groups is 3. The molecular weight excluding hydrogens is 689 g/mol. The van der Waals surface area contributed by atoms with Crippen molar-refractivity contribution in [3.05, 3.63) is 150 Å². The molecule has 10 nitrogen and oxygen atoms in total. The number of unbranched alkanes of at least 4 members (excludes halogenated alkanes) is 1. The van der Waals surface area contributed by atoms with Crippen molar-refractivity contribution in [3.63, 3.8) is 0 Å². The van der Waals surface area contributed by atoms with Gasteiger partial charge in [-0.15, -0.1) is 0 Å². The van der Waals surface area contributed by atoms with Crippen LogP contribution in [0.25, 0.3) is 10.9 Å². The number of pyridine rings is 1. The van der Waals surface area contributed by atoms with Gasteiger partial charge < -0.3 is 25.7 Å². The SMILES string of the molecule is CC(=O)CN(C)C(=N/C=C\C=O)c1ccccc1.CCCCc1cc2cnccc2[nH]1.CN.O=C(NCC=C1CCC1)c1ccc(Oc2ccccc2)cc1. The van der Waals surface area contributed by atoms with Gasteiger partial charge in [0.25, 0.3) is 5.91 Å². The number of aliphatic imine (C=N–C) groups is 1. The average Bonchev–Trinajstić information content (AvgIpc) is 3.62. The lowest BCUT2D eigenvalue weighted by Gasteiger charge is -2.19. The Labute approximate surface area is 325 Å². The van der Waals surface area contributed by atoms with E-state index in [0.717, 1.165) is 23.5 Å². The molecule has 6 rings (SSSR count). The van der Waals surface area contributed by atoms with Gasteiger partial charge in [-0.25, -0.2) is 4.99 Å². The fourth-order valence-corrected chi connectivity index (χ4v) is 5.35. The summed E-state index contributed by atoms with van der Waals surface area (Å²) in [5.41, 5.74) is 10.0. The Morgan fingerprint density at radius 3 is 2.22 bits per heavy atom. The Kier molecular flexibility index (Phi) is 19.7. The maximum absolute atomic E-state index is 12.0. The number of amides is 1. The molecule has 0 unspecified atom stereocenters. The van der Waals surface area contributed by atoms with Gasteiger partial charge in [-0.1, -0.05) is 73.5 Å². The van der Waals surface area contributed by atoms with Crippen LogP contribution in [0.1, 0.15) is 67.6 Å². The number of benzene rings is 3. The summed E-state index contributed by atoms with van der Waals surface area (Å²) in [6.45, 7) is 4.63. The highest BCUT2D eigenvalue weighted by Crippen LogP contribution is 2.24. The molecule has 1 aliphatic rings. The van der Waals surface area contributed by atoms with Crippen LogP contribution >= 0.6 is 0 Å². The molecule has 5 aromatic rings. The summed E-state index contributed by atoms with van der Waals surface area (Å²) >= 11 is 0. The Morgan fingerprint density at radius 2 is 1.62 bits per heavy atom. The van der Waals surface area contributed by atoms with Crippen molar-refractivity contribution in [2.45, 2.75) is 52.4 Å². The highest BCUT2D eigenvalue weighted by atomic mass is 16.5. The summed E-state index contributed by atoms with van der Waals surface area (Å²) in [4.78, 5) is 46.9. The van der Waals surface area contributed by atoms with E-state index in [9.17, 15) is 14.4 Å². The molecule has 1 saturated carbocycles. The second-order valence-electron chi connectivity index (χ2n) is 12.6. The topological polar surface area (TPSA) is 143 Å². The number of hydrogen-bond donors (Lipinski definition) is 3.